The molecule has 0 atom stereocenters. The summed E-state index contributed by atoms with van der Waals surface area (Å²) in [5, 5.41) is 6.21. The molecule has 1 aromatic carbocycles. The van der Waals surface area contributed by atoms with E-state index in [4.69, 9.17) is 0 Å². The summed E-state index contributed by atoms with van der Waals surface area (Å²) in [4.78, 5) is 0. The Labute approximate surface area is 99.2 Å². The van der Waals surface area contributed by atoms with Crippen molar-refractivity contribution < 1.29 is 13.2 Å². The number of halogens is 3. The molecule has 17 heavy (non-hydrogen) atoms. The molecule has 2 N–H and O–H groups in total. The molecule has 2 nitrogen and oxygen atoms in total. The first-order chi connectivity index (χ1) is 8.00. The summed E-state index contributed by atoms with van der Waals surface area (Å²) in [5.41, 5.74) is 0.394. The minimum atomic E-state index is -1.42. The Hall–Kier alpha value is -1.07. The molecule has 0 fully saturated rings. The monoisotopic (exact) mass is 246 g/mol. The van der Waals surface area contributed by atoms with E-state index < -0.39 is 17.5 Å². The number of nitrogens with one attached hydrogen (secondary N) is 2. The van der Waals surface area contributed by atoms with Crippen LogP contribution in [0.15, 0.2) is 12.1 Å². The van der Waals surface area contributed by atoms with E-state index in [1.807, 2.05) is 13.8 Å². The van der Waals surface area contributed by atoms with Crippen molar-refractivity contribution in [3.63, 3.8) is 0 Å². The zero-order valence-electron chi connectivity index (χ0n) is 9.99. The van der Waals surface area contributed by atoms with E-state index in [1.165, 1.54) is 0 Å². The van der Waals surface area contributed by atoms with Gasteiger partial charge in [0.25, 0.3) is 0 Å². The van der Waals surface area contributed by atoms with Gasteiger partial charge in [-0.05, 0) is 17.7 Å². The van der Waals surface area contributed by atoms with Crippen LogP contribution in [0.2, 0.25) is 0 Å². The fourth-order valence-corrected chi connectivity index (χ4v) is 1.39. The molecule has 0 heterocycles. The smallest absolute Gasteiger partial charge is 0.194 e. The first-order valence-corrected chi connectivity index (χ1v) is 5.58. The molecule has 0 amide bonds. The first-order valence-electron chi connectivity index (χ1n) is 5.58. The molecule has 1 aromatic rings. The molecule has 0 aromatic heterocycles. The van der Waals surface area contributed by atoms with Crippen LogP contribution in [-0.4, -0.2) is 19.1 Å². The predicted octanol–water partition coefficient (Wildman–Crippen LogP) is 2.19. The maximum Gasteiger partial charge on any atom is 0.194 e. The van der Waals surface area contributed by atoms with Gasteiger partial charge in [-0.3, -0.25) is 0 Å². The van der Waals surface area contributed by atoms with Crippen molar-refractivity contribution >= 4 is 0 Å². The third-order valence-corrected chi connectivity index (χ3v) is 2.23. The third-order valence-electron chi connectivity index (χ3n) is 2.23. The van der Waals surface area contributed by atoms with Crippen LogP contribution < -0.4 is 10.6 Å². The standard InChI is InChI=1S/C12H17F3N2/c1-8(2)17-4-3-16-7-9-5-10(13)12(15)11(14)6-9/h5-6,8,16-17H,3-4,7H2,1-2H3. The van der Waals surface area contributed by atoms with Crippen molar-refractivity contribution in [1.82, 2.24) is 10.6 Å². The van der Waals surface area contributed by atoms with Crippen LogP contribution in [0.25, 0.3) is 0 Å². The van der Waals surface area contributed by atoms with Gasteiger partial charge in [-0.2, -0.15) is 0 Å². The molecule has 5 heteroatoms. The lowest BCUT2D eigenvalue weighted by Gasteiger charge is -2.09. The molecular weight excluding hydrogens is 229 g/mol. The van der Waals surface area contributed by atoms with E-state index in [1.54, 1.807) is 0 Å². The van der Waals surface area contributed by atoms with Crippen LogP contribution in [0.4, 0.5) is 13.2 Å². The summed E-state index contributed by atoms with van der Waals surface area (Å²) >= 11 is 0. The van der Waals surface area contributed by atoms with Gasteiger partial charge >= 0.3 is 0 Å². The van der Waals surface area contributed by atoms with E-state index in [2.05, 4.69) is 10.6 Å². The molecule has 0 saturated carbocycles. The molecule has 96 valence electrons. The van der Waals surface area contributed by atoms with E-state index in [9.17, 15) is 13.2 Å². The van der Waals surface area contributed by atoms with Crippen LogP contribution >= 0.6 is 0 Å². The molecule has 0 spiro atoms. The van der Waals surface area contributed by atoms with Crippen LogP contribution in [0, 0.1) is 17.5 Å². The average Bonchev–Trinajstić information content (AvgIpc) is 2.25. The summed E-state index contributed by atoms with van der Waals surface area (Å²) in [6.45, 7) is 5.83. The van der Waals surface area contributed by atoms with Gasteiger partial charge in [0.05, 0.1) is 0 Å². The Morgan fingerprint density at radius 2 is 1.65 bits per heavy atom. The van der Waals surface area contributed by atoms with Gasteiger partial charge in [-0.15, -0.1) is 0 Å². The minimum absolute atomic E-state index is 0.313. The first kappa shape index (κ1) is 14.0. The summed E-state index contributed by atoms with van der Waals surface area (Å²) < 4.78 is 38.4. The Morgan fingerprint density at radius 1 is 1.06 bits per heavy atom. The number of hydrogen-bond acceptors (Lipinski definition) is 2. The second-order valence-corrected chi connectivity index (χ2v) is 4.16. The maximum absolute atomic E-state index is 12.9. The Kier molecular flexibility index (Phi) is 5.44. The summed E-state index contributed by atoms with van der Waals surface area (Å²) in [5.74, 6) is -3.72. The van der Waals surface area contributed by atoms with E-state index >= 15 is 0 Å². The number of hydrogen-bond donors (Lipinski definition) is 2. The van der Waals surface area contributed by atoms with Crippen molar-refractivity contribution in [1.29, 1.82) is 0 Å². The van der Waals surface area contributed by atoms with Crippen molar-refractivity contribution in [2.24, 2.45) is 0 Å². The predicted molar refractivity (Wildman–Crippen MR) is 61.2 cm³/mol. The van der Waals surface area contributed by atoms with Gasteiger partial charge in [0.15, 0.2) is 17.5 Å². The van der Waals surface area contributed by atoms with E-state index in [-0.39, 0.29) is 0 Å². The van der Waals surface area contributed by atoms with Crippen LogP contribution in [0.5, 0.6) is 0 Å². The van der Waals surface area contributed by atoms with Gasteiger partial charge in [0.2, 0.25) is 0 Å². The van der Waals surface area contributed by atoms with E-state index in [0.29, 0.717) is 24.7 Å². The second-order valence-electron chi connectivity index (χ2n) is 4.16. The molecule has 0 aliphatic rings. The fraction of sp³-hybridized carbons (Fsp3) is 0.500. The highest BCUT2D eigenvalue weighted by Crippen LogP contribution is 2.13. The SMILES string of the molecule is CC(C)NCCNCc1cc(F)c(F)c(F)c1. The zero-order valence-corrected chi connectivity index (χ0v) is 9.99. The van der Waals surface area contributed by atoms with Crippen molar-refractivity contribution in [2.75, 3.05) is 13.1 Å². The lowest BCUT2D eigenvalue weighted by molar-refractivity contribution is 0.444. The number of benzene rings is 1. The topological polar surface area (TPSA) is 24.1 Å². The Morgan fingerprint density at radius 3 is 2.18 bits per heavy atom. The molecule has 0 radical (unpaired) electrons. The lowest BCUT2D eigenvalue weighted by Crippen LogP contribution is -2.31. The highest BCUT2D eigenvalue weighted by Gasteiger charge is 2.09. The Bertz CT molecular complexity index is 344. The summed E-state index contributed by atoms with van der Waals surface area (Å²) in [7, 11) is 0. The molecular formula is C12H17F3N2. The van der Waals surface area contributed by atoms with Gasteiger partial charge in [0, 0.05) is 25.7 Å². The van der Waals surface area contributed by atoms with Crippen LogP contribution in [0.1, 0.15) is 19.4 Å². The summed E-state index contributed by atoms with van der Waals surface area (Å²) in [6.07, 6.45) is 0. The highest BCUT2D eigenvalue weighted by molar-refractivity contribution is 5.19. The van der Waals surface area contributed by atoms with Crippen molar-refractivity contribution in [3.8, 4) is 0 Å². The van der Waals surface area contributed by atoms with Gasteiger partial charge in [0.1, 0.15) is 0 Å². The van der Waals surface area contributed by atoms with Gasteiger partial charge < -0.3 is 10.6 Å². The minimum Gasteiger partial charge on any atom is -0.313 e. The molecule has 0 unspecified atom stereocenters. The quantitative estimate of drug-likeness (QED) is 0.594. The Balaban J connectivity index is 2.37. The fourth-order valence-electron chi connectivity index (χ4n) is 1.39. The van der Waals surface area contributed by atoms with Gasteiger partial charge in [-0.1, -0.05) is 13.8 Å². The maximum atomic E-state index is 12.9. The lowest BCUT2D eigenvalue weighted by atomic mass is 10.2. The molecule has 1 rings (SSSR count). The van der Waals surface area contributed by atoms with Crippen LogP contribution in [-0.2, 0) is 6.54 Å². The third kappa shape index (κ3) is 4.75. The van der Waals surface area contributed by atoms with E-state index in [0.717, 1.165) is 18.7 Å². The van der Waals surface area contributed by atoms with Gasteiger partial charge in [-0.25, -0.2) is 13.2 Å². The van der Waals surface area contributed by atoms with Crippen LogP contribution in [0.3, 0.4) is 0 Å². The average molecular weight is 246 g/mol. The molecule has 0 aliphatic heterocycles. The second kappa shape index (κ2) is 6.61. The number of rotatable bonds is 6. The van der Waals surface area contributed by atoms with Crippen molar-refractivity contribution in [3.05, 3.63) is 35.1 Å². The molecule has 0 aliphatic carbocycles. The highest BCUT2D eigenvalue weighted by atomic mass is 19.2. The summed E-state index contributed by atoms with van der Waals surface area (Å²) in [6, 6.07) is 2.40. The molecule has 0 bridgehead atoms. The van der Waals surface area contributed by atoms with Crippen molar-refractivity contribution in [2.45, 2.75) is 26.4 Å². The molecule has 0 saturated heterocycles. The normalized spacial score (nSPS) is 11.2. The zero-order chi connectivity index (χ0) is 12.8. The largest absolute Gasteiger partial charge is 0.313 e.